The van der Waals surface area contributed by atoms with Crippen LogP contribution in [0.25, 0.3) is 0 Å². The van der Waals surface area contributed by atoms with Crippen LogP contribution in [0.2, 0.25) is 0 Å². The number of aryl methyl sites for hydroxylation is 1. The summed E-state index contributed by atoms with van der Waals surface area (Å²) >= 11 is 1.60. The van der Waals surface area contributed by atoms with Gasteiger partial charge in [-0.1, -0.05) is 0 Å². The Balaban J connectivity index is 1.63. The van der Waals surface area contributed by atoms with Crippen molar-refractivity contribution in [3.63, 3.8) is 0 Å². The molecule has 2 aromatic rings. The van der Waals surface area contributed by atoms with E-state index in [2.05, 4.69) is 14.5 Å². The fraction of sp³-hybridized carbons (Fsp3) is 0.500. The zero-order chi connectivity index (χ0) is 13.9. The highest BCUT2D eigenvalue weighted by Gasteiger charge is 2.24. The standard InChI is InChI=1S/C14H18N4OS/c1-11-16-12(9-20-11)7-14(19)17-5-2-3-13(8-17)18-6-4-15-10-18/h4,6,9-10,13H,2-3,5,7-8H2,1H3/t13-/m0/s1. The molecule has 0 bridgehead atoms. The van der Waals surface area contributed by atoms with Gasteiger partial charge in [-0.25, -0.2) is 9.97 Å². The minimum Gasteiger partial charge on any atom is -0.340 e. The quantitative estimate of drug-likeness (QED) is 0.869. The van der Waals surface area contributed by atoms with Crippen LogP contribution in [0.4, 0.5) is 0 Å². The van der Waals surface area contributed by atoms with Crippen LogP contribution >= 0.6 is 11.3 Å². The number of aromatic nitrogens is 3. The Morgan fingerprint density at radius 1 is 1.55 bits per heavy atom. The van der Waals surface area contributed by atoms with Crippen LogP contribution < -0.4 is 0 Å². The molecule has 0 aliphatic carbocycles. The summed E-state index contributed by atoms with van der Waals surface area (Å²) in [7, 11) is 0. The number of nitrogens with zero attached hydrogens (tertiary/aromatic N) is 4. The van der Waals surface area contributed by atoms with E-state index >= 15 is 0 Å². The normalized spacial score (nSPS) is 19.2. The van der Waals surface area contributed by atoms with Crippen LogP contribution in [0, 0.1) is 6.92 Å². The van der Waals surface area contributed by atoms with Gasteiger partial charge < -0.3 is 9.47 Å². The molecule has 6 heteroatoms. The third kappa shape index (κ3) is 2.90. The monoisotopic (exact) mass is 290 g/mol. The highest BCUT2D eigenvalue weighted by molar-refractivity contribution is 7.09. The van der Waals surface area contributed by atoms with Gasteiger partial charge in [0.25, 0.3) is 0 Å². The lowest BCUT2D eigenvalue weighted by Crippen LogP contribution is -2.41. The van der Waals surface area contributed by atoms with Crippen molar-refractivity contribution in [2.75, 3.05) is 13.1 Å². The first-order chi connectivity index (χ1) is 9.72. The maximum Gasteiger partial charge on any atom is 0.228 e. The Labute approximate surface area is 122 Å². The molecular weight excluding hydrogens is 272 g/mol. The van der Waals surface area contributed by atoms with Crippen molar-refractivity contribution >= 4 is 17.2 Å². The lowest BCUT2D eigenvalue weighted by atomic mass is 10.1. The first-order valence-corrected chi connectivity index (χ1v) is 7.76. The number of imidazole rings is 1. The van der Waals surface area contributed by atoms with Crippen LogP contribution in [-0.4, -0.2) is 38.4 Å². The van der Waals surface area contributed by atoms with Crippen LogP contribution in [0.1, 0.15) is 29.6 Å². The van der Waals surface area contributed by atoms with Crippen molar-refractivity contribution in [3.05, 3.63) is 34.8 Å². The van der Waals surface area contributed by atoms with Gasteiger partial charge in [0.15, 0.2) is 0 Å². The molecule has 0 unspecified atom stereocenters. The van der Waals surface area contributed by atoms with Crippen LogP contribution in [-0.2, 0) is 11.2 Å². The Morgan fingerprint density at radius 2 is 2.45 bits per heavy atom. The van der Waals surface area contributed by atoms with Crippen LogP contribution in [0.15, 0.2) is 24.1 Å². The topological polar surface area (TPSA) is 51.0 Å². The molecular formula is C14H18N4OS. The average Bonchev–Trinajstić information content (AvgIpc) is 3.11. The molecule has 3 rings (SSSR count). The molecule has 2 aromatic heterocycles. The second-order valence-electron chi connectivity index (χ2n) is 5.18. The van der Waals surface area contributed by atoms with E-state index in [1.54, 1.807) is 17.5 Å². The van der Waals surface area contributed by atoms with E-state index in [0.717, 1.165) is 36.6 Å². The summed E-state index contributed by atoms with van der Waals surface area (Å²) in [6, 6.07) is 0.354. The van der Waals surface area contributed by atoms with Gasteiger partial charge >= 0.3 is 0 Å². The summed E-state index contributed by atoms with van der Waals surface area (Å²) in [4.78, 5) is 22.8. The molecule has 1 saturated heterocycles. The van der Waals surface area contributed by atoms with E-state index in [1.165, 1.54) is 0 Å². The molecule has 0 aromatic carbocycles. The minimum atomic E-state index is 0.181. The highest BCUT2D eigenvalue weighted by Crippen LogP contribution is 2.22. The number of carbonyl (C=O) groups is 1. The minimum absolute atomic E-state index is 0.181. The summed E-state index contributed by atoms with van der Waals surface area (Å²) in [5.41, 5.74) is 0.891. The Bertz CT molecular complexity index is 578. The SMILES string of the molecule is Cc1nc(CC(=O)N2CCC[C@H](n3ccnc3)C2)cs1. The second kappa shape index (κ2) is 5.75. The van der Waals surface area contributed by atoms with Gasteiger partial charge in [0.1, 0.15) is 0 Å². The van der Waals surface area contributed by atoms with Gasteiger partial charge in [0.2, 0.25) is 5.91 Å². The Morgan fingerprint density at radius 3 is 3.15 bits per heavy atom. The number of hydrogen-bond donors (Lipinski definition) is 0. The molecule has 5 nitrogen and oxygen atoms in total. The molecule has 1 atom stereocenters. The summed E-state index contributed by atoms with van der Waals surface area (Å²) in [5.74, 6) is 0.181. The van der Waals surface area contributed by atoms with Gasteiger partial charge in [-0.15, -0.1) is 11.3 Å². The van der Waals surface area contributed by atoms with Crippen molar-refractivity contribution in [1.82, 2.24) is 19.4 Å². The fourth-order valence-electron chi connectivity index (χ4n) is 2.67. The second-order valence-corrected chi connectivity index (χ2v) is 6.24. The largest absolute Gasteiger partial charge is 0.340 e. The maximum absolute atomic E-state index is 12.4. The summed E-state index contributed by atoms with van der Waals surface area (Å²) in [6.45, 7) is 3.60. The van der Waals surface area contributed by atoms with Gasteiger partial charge in [-0.2, -0.15) is 0 Å². The third-order valence-corrected chi connectivity index (χ3v) is 4.52. The molecule has 106 valence electrons. The fourth-order valence-corrected chi connectivity index (χ4v) is 3.28. The molecule has 1 aliphatic heterocycles. The number of likely N-dealkylation sites (tertiary alicyclic amines) is 1. The lowest BCUT2D eigenvalue weighted by Gasteiger charge is -2.33. The molecule has 1 fully saturated rings. The zero-order valence-electron chi connectivity index (χ0n) is 11.5. The molecule has 0 spiro atoms. The van der Waals surface area contributed by atoms with Gasteiger partial charge in [-0.3, -0.25) is 4.79 Å². The van der Waals surface area contributed by atoms with Crippen molar-refractivity contribution in [1.29, 1.82) is 0 Å². The first kappa shape index (κ1) is 13.3. The van der Waals surface area contributed by atoms with Crippen LogP contribution in [0.3, 0.4) is 0 Å². The van der Waals surface area contributed by atoms with E-state index in [4.69, 9.17) is 0 Å². The lowest BCUT2D eigenvalue weighted by molar-refractivity contribution is -0.132. The van der Waals surface area contributed by atoms with E-state index in [9.17, 15) is 4.79 Å². The molecule has 0 N–H and O–H groups in total. The van der Waals surface area contributed by atoms with Gasteiger partial charge in [-0.05, 0) is 19.8 Å². The van der Waals surface area contributed by atoms with Crippen molar-refractivity contribution in [2.45, 2.75) is 32.2 Å². The summed E-state index contributed by atoms with van der Waals surface area (Å²) < 4.78 is 2.10. The number of thiazole rings is 1. The maximum atomic E-state index is 12.4. The molecule has 20 heavy (non-hydrogen) atoms. The summed E-state index contributed by atoms with van der Waals surface area (Å²) in [5, 5.41) is 2.99. The van der Waals surface area contributed by atoms with Crippen LogP contribution in [0.5, 0.6) is 0 Å². The third-order valence-electron chi connectivity index (χ3n) is 3.69. The smallest absolute Gasteiger partial charge is 0.228 e. The number of carbonyl (C=O) groups excluding carboxylic acids is 1. The molecule has 3 heterocycles. The number of piperidine rings is 1. The average molecular weight is 290 g/mol. The first-order valence-electron chi connectivity index (χ1n) is 6.88. The van der Waals surface area contributed by atoms with E-state index in [1.807, 2.05) is 29.7 Å². The number of hydrogen-bond acceptors (Lipinski definition) is 4. The molecule has 1 aliphatic rings. The van der Waals surface area contributed by atoms with E-state index < -0.39 is 0 Å². The van der Waals surface area contributed by atoms with E-state index in [-0.39, 0.29) is 5.91 Å². The van der Waals surface area contributed by atoms with Gasteiger partial charge in [0.05, 0.1) is 29.5 Å². The molecule has 1 amide bonds. The highest BCUT2D eigenvalue weighted by atomic mass is 32.1. The predicted molar refractivity (Wildman–Crippen MR) is 77.6 cm³/mol. The summed E-state index contributed by atoms with van der Waals surface area (Å²) in [6.07, 6.45) is 8.17. The molecule has 0 saturated carbocycles. The Hall–Kier alpha value is -1.69. The van der Waals surface area contributed by atoms with Crippen molar-refractivity contribution in [3.8, 4) is 0 Å². The van der Waals surface area contributed by atoms with E-state index in [0.29, 0.717) is 12.5 Å². The predicted octanol–water partition coefficient (Wildman–Crippen LogP) is 2.05. The number of amides is 1. The Kier molecular flexibility index (Phi) is 3.82. The van der Waals surface area contributed by atoms with Crippen molar-refractivity contribution in [2.24, 2.45) is 0 Å². The molecule has 0 radical (unpaired) electrons. The number of rotatable bonds is 3. The van der Waals surface area contributed by atoms with Crippen molar-refractivity contribution < 1.29 is 4.79 Å². The zero-order valence-corrected chi connectivity index (χ0v) is 12.3. The van der Waals surface area contributed by atoms with Gasteiger partial charge in [0, 0.05) is 30.9 Å².